The number of hydrogen-bond donors (Lipinski definition) is 5. The van der Waals surface area contributed by atoms with E-state index in [0.29, 0.717) is 6.42 Å². The fourth-order valence-corrected chi connectivity index (χ4v) is 3.14. The molecule has 9 nitrogen and oxygen atoms in total. The molecule has 0 aromatic rings. The normalized spacial score (nSPS) is 15.7. The van der Waals surface area contributed by atoms with E-state index < -0.39 is 53.0 Å². The monoisotopic (exact) mass is 355 g/mol. The molecule has 0 radical (unpaired) electrons. The summed E-state index contributed by atoms with van der Waals surface area (Å²) in [6.07, 6.45) is -1.98. The van der Waals surface area contributed by atoms with Crippen LogP contribution in [0.4, 0.5) is 0 Å². The van der Waals surface area contributed by atoms with Gasteiger partial charge in [0.25, 0.3) is 0 Å². The van der Waals surface area contributed by atoms with Gasteiger partial charge >= 0.3 is 136 Å². The van der Waals surface area contributed by atoms with E-state index in [-0.39, 0.29) is 19.1 Å². The second kappa shape index (κ2) is 9.77. The zero-order chi connectivity index (χ0) is 18.3. The molecule has 0 rings (SSSR count). The van der Waals surface area contributed by atoms with Gasteiger partial charge in [0.15, 0.2) is 0 Å². The Morgan fingerprint density at radius 1 is 1.13 bits per heavy atom. The predicted molar refractivity (Wildman–Crippen MR) is 82.4 cm³/mol. The Hall–Kier alpha value is -0.425. The van der Waals surface area contributed by atoms with E-state index in [1.54, 1.807) is 0 Å². The first kappa shape index (κ1) is 22.6. The fraction of sp³-hybridized carbons (Fsp3) is 1.00. The van der Waals surface area contributed by atoms with Crippen molar-refractivity contribution in [3.8, 4) is 0 Å². The van der Waals surface area contributed by atoms with Crippen LogP contribution in [0.5, 0.6) is 0 Å². The second-order valence-electron chi connectivity index (χ2n) is 5.95. The Kier molecular flexibility index (Phi) is 9.59. The molecule has 2 atom stereocenters. The van der Waals surface area contributed by atoms with E-state index in [2.05, 4.69) is 0 Å². The SMILES string of the molecule is CC(C)CC(CO)(CO)N(CCO)CC(O)C(O)S(=O)(=O)B=O. The summed E-state index contributed by atoms with van der Waals surface area (Å²) in [6.45, 7) is 1.80. The number of nitrogens with zero attached hydrogens (tertiary/aromatic N) is 1. The van der Waals surface area contributed by atoms with Gasteiger partial charge in [0, 0.05) is 0 Å². The van der Waals surface area contributed by atoms with E-state index in [1.165, 1.54) is 4.90 Å². The number of aliphatic hydroxyl groups is 5. The van der Waals surface area contributed by atoms with Crippen LogP contribution in [-0.4, -0.2) is 95.3 Å². The Morgan fingerprint density at radius 3 is 2.00 bits per heavy atom. The van der Waals surface area contributed by atoms with Gasteiger partial charge in [0.2, 0.25) is 0 Å². The minimum absolute atomic E-state index is 0.0521. The van der Waals surface area contributed by atoms with Crippen LogP contribution in [0.3, 0.4) is 0 Å². The van der Waals surface area contributed by atoms with Crippen LogP contribution in [0, 0.1) is 5.92 Å². The van der Waals surface area contributed by atoms with Crippen LogP contribution < -0.4 is 0 Å². The second-order valence-corrected chi connectivity index (χ2v) is 7.80. The molecule has 2 unspecified atom stereocenters. The topological polar surface area (TPSA) is 156 Å². The molecule has 0 aliphatic heterocycles. The molecule has 0 saturated carbocycles. The van der Waals surface area contributed by atoms with E-state index in [9.17, 15) is 33.5 Å². The number of aliphatic hydroxyl groups excluding tert-OH is 5. The quantitative estimate of drug-likeness (QED) is 0.232. The van der Waals surface area contributed by atoms with Gasteiger partial charge in [-0.2, -0.15) is 0 Å². The van der Waals surface area contributed by atoms with Crippen LogP contribution in [0.25, 0.3) is 0 Å². The zero-order valence-electron chi connectivity index (χ0n) is 13.4. The van der Waals surface area contributed by atoms with Gasteiger partial charge in [-0.05, 0) is 0 Å². The number of hydrogen-bond acceptors (Lipinski definition) is 9. The zero-order valence-corrected chi connectivity index (χ0v) is 14.2. The van der Waals surface area contributed by atoms with Crippen molar-refractivity contribution in [3.05, 3.63) is 0 Å². The Balaban J connectivity index is 5.41. The molecule has 0 fully saturated rings. The first-order valence-electron chi connectivity index (χ1n) is 7.23. The summed E-state index contributed by atoms with van der Waals surface area (Å²) < 4.78 is 33.0. The first-order valence-corrected chi connectivity index (χ1v) is 8.84. The molecule has 0 aromatic carbocycles. The molecular weight excluding hydrogens is 329 g/mol. The maximum atomic E-state index is 11.3. The summed E-state index contributed by atoms with van der Waals surface area (Å²) in [7, 11) is -4.53. The molecular formula is C12H26BNO8S. The summed E-state index contributed by atoms with van der Waals surface area (Å²) in [5.74, 6) is 0.0521. The Bertz CT molecular complexity index is 454. The summed E-state index contributed by atoms with van der Waals surface area (Å²) >= 11 is 0. The van der Waals surface area contributed by atoms with Crippen LogP contribution in [0.1, 0.15) is 20.3 Å². The molecule has 23 heavy (non-hydrogen) atoms. The Labute approximate surface area is 136 Å². The third kappa shape index (κ3) is 6.18. The van der Waals surface area contributed by atoms with Crippen molar-refractivity contribution in [2.45, 2.75) is 37.3 Å². The van der Waals surface area contributed by atoms with Crippen LogP contribution >= 0.6 is 0 Å². The van der Waals surface area contributed by atoms with Gasteiger partial charge in [0.05, 0.1) is 0 Å². The first-order chi connectivity index (χ1) is 10.6. The van der Waals surface area contributed by atoms with Gasteiger partial charge in [0.1, 0.15) is 0 Å². The number of rotatable bonds is 12. The van der Waals surface area contributed by atoms with Crippen molar-refractivity contribution >= 4 is 16.1 Å². The molecule has 0 saturated heterocycles. The average Bonchev–Trinajstić information content (AvgIpc) is 2.51. The summed E-state index contributed by atoms with van der Waals surface area (Å²) in [4.78, 5) is 1.32. The molecule has 0 spiro atoms. The molecule has 11 heteroatoms. The van der Waals surface area contributed by atoms with Crippen molar-refractivity contribution in [2.24, 2.45) is 5.92 Å². The van der Waals surface area contributed by atoms with E-state index in [1.807, 2.05) is 13.8 Å². The molecule has 0 bridgehead atoms. The molecule has 0 aromatic heterocycles. The maximum absolute atomic E-state index is 11.3. The predicted octanol–water partition coefficient (Wildman–Crippen LogP) is -2.89. The number of β-amino-alcohol motifs (C(OH)–C–C–N with tert-alkyl or cyclic N) is 2. The van der Waals surface area contributed by atoms with E-state index in [0.717, 1.165) is 0 Å². The molecule has 5 N–H and O–H groups in total. The van der Waals surface area contributed by atoms with Crippen LogP contribution in [-0.2, 0) is 14.4 Å². The fourth-order valence-electron chi connectivity index (χ4n) is 2.50. The van der Waals surface area contributed by atoms with Gasteiger partial charge in [-0.3, -0.25) is 0 Å². The summed E-state index contributed by atoms with van der Waals surface area (Å²) in [5.41, 5.74) is -3.53. The molecule has 136 valence electrons. The van der Waals surface area contributed by atoms with Gasteiger partial charge < -0.3 is 0 Å². The van der Waals surface area contributed by atoms with Crippen molar-refractivity contribution in [2.75, 3.05) is 32.9 Å². The molecule has 0 aliphatic carbocycles. The van der Waals surface area contributed by atoms with Crippen LogP contribution in [0.15, 0.2) is 0 Å². The molecule has 0 amide bonds. The van der Waals surface area contributed by atoms with E-state index in [4.69, 9.17) is 5.11 Å². The Morgan fingerprint density at radius 2 is 1.65 bits per heavy atom. The summed E-state index contributed by atoms with van der Waals surface area (Å²) in [5, 5.41) is 48.0. The van der Waals surface area contributed by atoms with Gasteiger partial charge in [-0.25, -0.2) is 0 Å². The standard InChI is InChI=1S/C12H26BNO8S/c1-9(2)5-12(7-16,8-17)14(3-4-15)6-10(18)11(19)23(21,22)13-20/h9-11,15-19H,3-8H2,1-2H3. The third-order valence-electron chi connectivity index (χ3n) is 3.62. The summed E-state index contributed by atoms with van der Waals surface area (Å²) in [6, 6.07) is 0. The van der Waals surface area contributed by atoms with Crippen molar-refractivity contribution in [1.29, 1.82) is 0 Å². The van der Waals surface area contributed by atoms with Gasteiger partial charge in [-0.15, -0.1) is 0 Å². The van der Waals surface area contributed by atoms with E-state index >= 15 is 0 Å². The van der Waals surface area contributed by atoms with Crippen molar-refractivity contribution in [1.82, 2.24) is 4.90 Å². The average molecular weight is 355 g/mol. The van der Waals surface area contributed by atoms with Crippen molar-refractivity contribution in [3.63, 3.8) is 0 Å². The molecule has 0 heterocycles. The minimum atomic E-state index is -4.53. The van der Waals surface area contributed by atoms with Crippen LogP contribution in [0.2, 0.25) is 0 Å². The van der Waals surface area contributed by atoms with Crippen molar-refractivity contribution < 1.29 is 38.7 Å². The van der Waals surface area contributed by atoms with Gasteiger partial charge in [-0.1, -0.05) is 0 Å². The third-order valence-corrected chi connectivity index (χ3v) is 4.88. The molecule has 0 aliphatic rings.